The average Bonchev–Trinajstić information content (AvgIpc) is 2.55. The molecule has 0 spiro atoms. The first kappa shape index (κ1) is 17.1. The van der Waals surface area contributed by atoms with Crippen molar-refractivity contribution in [2.24, 2.45) is 0 Å². The van der Waals surface area contributed by atoms with Gasteiger partial charge in [-0.3, -0.25) is 4.90 Å². The molecule has 0 fully saturated rings. The maximum absolute atomic E-state index is 11.6. The molecule has 0 N–H and O–H groups in total. The van der Waals surface area contributed by atoms with E-state index in [1.807, 2.05) is 18.2 Å². The number of hydrogen-bond acceptors (Lipinski definition) is 6. The number of aromatic nitrogens is 2. The molecule has 0 bridgehead atoms. The minimum absolute atomic E-state index is 0.106. The van der Waals surface area contributed by atoms with Gasteiger partial charge in [-0.1, -0.05) is 23.7 Å². The summed E-state index contributed by atoms with van der Waals surface area (Å²) in [6.45, 7) is 2.12. The molecule has 1 aromatic carbocycles. The fraction of sp³-hybridized carbons (Fsp3) is 0.375. The van der Waals surface area contributed by atoms with Crippen LogP contribution in [0.5, 0.6) is 5.75 Å². The molecule has 6 nitrogen and oxygen atoms in total. The van der Waals surface area contributed by atoms with Gasteiger partial charge in [0.15, 0.2) is 0 Å². The second kappa shape index (κ2) is 6.66. The van der Waals surface area contributed by atoms with Crippen LogP contribution in [0.15, 0.2) is 29.6 Å². The lowest BCUT2D eigenvalue weighted by Crippen LogP contribution is -2.31. The summed E-state index contributed by atoms with van der Waals surface area (Å²) in [5, 5.41) is 0.514. The van der Waals surface area contributed by atoms with Crippen molar-refractivity contribution in [2.75, 3.05) is 19.9 Å². The molecule has 2 heterocycles. The van der Waals surface area contributed by atoms with Gasteiger partial charge < -0.3 is 4.74 Å². The van der Waals surface area contributed by atoms with Crippen LogP contribution < -0.4 is 4.74 Å². The van der Waals surface area contributed by atoms with Crippen molar-refractivity contribution in [2.45, 2.75) is 24.7 Å². The molecule has 1 aliphatic heterocycles. The van der Waals surface area contributed by atoms with E-state index in [4.69, 9.17) is 16.3 Å². The number of benzene rings is 1. The zero-order valence-electron chi connectivity index (χ0n) is 13.5. The standard InChI is InChI=1S/C16H18ClN3O3S/c1-23-14-5-3-4-11(15(14)17)9-20-7-6-13-12(10-20)8-18-16(19-13)24(2,21)22/h3-5,8H,6-7,9-10H2,1-2H3. The highest BCUT2D eigenvalue weighted by atomic mass is 35.5. The Morgan fingerprint density at radius 3 is 2.88 bits per heavy atom. The molecule has 0 saturated heterocycles. The normalized spacial score (nSPS) is 15.1. The van der Waals surface area contributed by atoms with Crippen LogP contribution in [0.25, 0.3) is 0 Å². The Labute approximate surface area is 146 Å². The van der Waals surface area contributed by atoms with Crippen molar-refractivity contribution in [3.8, 4) is 5.75 Å². The van der Waals surface area contributed by atoms with Crippen LogP contribution in [-0.2, 0) is 29.3 Å². The molecular formula is C16H18ClN3O3S. The third-order valence-electron chi connectivity index (χ3n) is 3.98. The Morgan fingerprint density at radius 1 is 1.38 bits per heavy atom. The lowest BCUT2D eigenvalue weighted by Gasteiger charge is -2.28. The van der Waals surface area contributed by atoms with E-state index in [1.165, 1.54) is 0 Å². The monoisotopic (exact) mass is 367 g/mol. The van der Waals surface area contributed by atoms with Gasteiger partial charge in [0, 0.05) is 44.1 Å². The first-order valence-corrected chi connectivity index (χ1v) is 9.74. The van der Waals surface area contributed by atoms with Crippen LogP contribution in [0.3, 0.4) is 0 Å². The van der Waals surface area contributed by atoms with Gasteiger partial charge in [-0.2, -0.15) is 0 Å². The molecule has 1 aromatic heterocycles. The van der Waals surface area contributed by atoms with E-state index in [0.29, 0.717) is 30.3 Å². The van der Waals surface area contributed by atoms with E-state index in [1.54, 1.807) is 13.3 Å². The fourth-order valence-corrected chi connectivity index (χ4v) is 3.53. The minimum Gasteiger partial charge on any atom is -0.495 e. The highest BCUT2D eigenvalue weighted by Crippen LogP contribution is 2.29. The quantitative estimate of drug-likeness (QED) is 0.770. The maximum atomic E-state index is 11.6. The second-order valence-corrected chi connectivity index (χ2v) is 8.08. The molecule has 0 atom stereocenters. The van der Waals surface area contributed by atoms with E-state index in [9.17, 15) is 8.42 Å². The number of fused-ring (bicyclic) bond motifs is 1. The third kappa shape index (κ3) is 3.53. The van der Waals surface area contributed by atoms with Gasteiger partial charge in [-0.15, -0.1) is 0 Å². The van der Waals surface area contributed by atoms with E-state index in [0.717, 1.165) is 29.6 Å². The Morgan fingerprint density at radius 2 is 2.17 bits per heavy atom. The summed E-state index contributed by atoms with van der Waals surface area (Å²) < 4.78 is 28.4. The summed E-state index contributed by atoms with van der Waals surface area (Å²) >= 11 is 6.36. The summed E-state index contributed by atoms with van der Waals surface area (Å²) in [5.41, 5.74) is 2.75. The highest BCUT2D eigenvalue weighted by Gasteiger charge is 2.22. The summed E-state index contributed by atoms with van der Waals surface area (Å²) in [6, 6.07) is 5.72. The molecular weight excluding hydrogens is 350 g/mol. The molecule has 128 valence electrons. The first-order valence-electron chi connectivity index (χ1n) is 7.47. The number of sulfone groups is 1. The van der Waals surface area contributed by atoms with Crippen LogP contribution >= 0.6 is 11.6 Å². The zero-order chi connectivity index (χ0) is 17.3. The molecule has 0 aliphatic carbocycles. The van der Waals surface area contributed by atoms with Gasteiger partial charge in [0.05, 0.1) is 17.8 Å². The second-order valence-electron chi connectivity index (χ2n) is 5.79. The van der Waals surface area contributed by atoms with Crippen LogP contribution in [0.2, 0.25) is 5.02 Å². The molecule has 3 rings (SSSR count). The number of hydrogen-bond donors (Lipinski definition) is 0. The summed E-state index contributed by atoms with van der Waals surface area (Å²) in [4.78, 5) is 10.4. The van der Waals surface area contributed by atoms with Crippen molar-refractivity contribution in [1.82, 2.24) is 14.9 Å². The maximum Gasteiger partial charge on any atom is 0.246 e. The van der Waals surface area contributed by atoms with Crippen molar-refractivity contribution in [3.63, 3.8) is 0 Å². The number of ether oxygens (including phenoxy) is 1. The average molecular weight is 368 g/mol. The van der Waals surface area contributed by atoms with Gasteiger partial charge in [0.2, 0.25) is 15.0 Å². The summed E-state index contributed by atoms with van der Waals surface area (Å²) in [6.07, 6.45) is 3.41. The minimum atomic E-state index is -3.38. The van der Waals surface area contributed by atoms with E-state index >= 15 is 0 Å². The molecule has 2 aromatic rings. The topological polar surface area (TPSA) is 72.4 Å². The largest absolute Gasteiger partial charge is 0.495 e. The van der Waals surface area contributed by atoms with Gasteiger partial charge in [-0.25, -0.2) is 18.4 Å². The smallest absolute Gasteiger partial charge is 0.246 e. The summed E-state index contributed by atoms with van der Waals surface area (Å²) in [7, 11) is -1.78. The third-order valence-corrected chi connectivity index (χ3v) is 5.27. The molecule has 0 saturated carbocycles. The molecule has 0 amide bonds. The lowest BCUT2D eigenvalue weighted by atomic mass is 10.1. The van der Waals surface area contributed by atoms with E-state index in [-0.39, 0.29) is 5.16 Å². The highest BCUT2D eigenvalue weighted by molar-refractivity contribution is 7.90. The van der Waals surface area contributed by atoms with Crippen molar-refractivity contribution >= 4 is 21.4 Å². The van der Waals surface area contributed by atoms with Crippen LogP contribution in [0.1, 0.15) is 16.8 Å². The molecule has 24 heavy (non-hydrogen) atoms. The van der Waals surface area contributed by atoms with Crippen molar-refractivity contribution < 1.29 is 13.2 Å². The van der Waals surface area contributed by atoms with E-state index < -0.39 is 9.84 Å². The molecule has 8 heteroatoms. The van der Waals surface area contributed by atoms with Gasteiger partial charge in [-0.05, 0) is 11.6 Å². The van der Waals surface area contributed by atoms with Crippen LogP contribution in [-0.4, -0.2) is 43.2 Å². The van der Waals surface area contributed by atoms with Gasteiger partial charge in [0.25, 0.3) is 0 Å². The zero-order valence-corrected chi connectivity index (χ0v) is 15.1. The Bertz CT molecular complexity index is 871. The molecule has 0 unspecified atom stereocenters. The van der Waals surface area contributed by atoms with Gasteiger partial charge >= 0.3 is 0 Å². The number of rotatable bonds is 4. The Kier molecular flexibility index (Phi) is 4.76. The van der Waals surface area contributed by atoms with Crippen molar-refractivity contribution in [1.29, 1.82) is 0 Å². The van der Waals surface area contributed by atoms with Gasteiger partial charge in [0.1, 0.15) is 5.75 Å². The van der Waals surface area contributed by atoms with Crippen molar-refractivity contribution in [3.05, 3.63) is 46.2 Å². The fourth-order valence-electron chi connectivity index (χ4n) is 2.75. The van der Waals surface area contributed by atoms with Crippen LogP contribution in [0.4, 0.5) is 0 Å². The van der Waals surface area contributed by atoms with E-state index in [2.05, 4.69) is 14.9 Å². The predicted octanol–water partition coefficient (Wildman–Crippen LogP) is 2.10. The Hall–Kier alpha value is -1.70. The number of halogens is 1. The first-order chi connectivity index (χ1) is 11.4. The Balaban J connectivity index is 1.79. The number of methoxy groups -OCH3 is 1. The summed E-state index contributed by atoms with van der Waals surface area (Å²) in [5.74, 6) is 0.660. The van der Waals surface area contributed by atoms with Crippen LogP contribution in [0, 0.1) is 0 Å². The number of nitrogens with zero attached hydrogens (tertiary/aromatic N) is 3. The SMILES string of the molecule is COc1cccc(CN2CCc3nc(S(C)(=O)=O)ncc3C2)c1Cl. The molecule has 1 aliphatic rings. The lowest BCUT2D eigenvalue weighted by molar-refractivity contribution is 0.242. The predicted molar refractivity (Wildman–Crippen MR) is 91.0 cm³/mol. The molecule has 0 radical (unpaired) electrons.